The molecule has 25 heavy (non-hydrogen) atoms. The molecular weight excluding hydrogens is 332 g/mol. The predicted octanol–water partition coefficient (Wildman–Crippen LogP) is 5.82. The van der Waals surface area contributed by atoms with E-state index in [0.29, 0.717) is 10.9 Å². The van der Waals surface area contributed by atoms with Gasteiger partial charge in [0.15, 0.2) is 0 Å². The third-order valence-corrected chi connectivity index (χ3v) is 5.51. The Balaban J connectivity index is 2.00. The van der Waals surface area contributed by atoms with Crippen LogP contribution >= 0.6 is 11.6 Å². The van der Waals surface area contributed by atoms with Crippen molar-refractivity contribution in [2.24, 2.45) is 4.99 Å². The van der Waals surface area contributed by atoms with Crippen molar-refractivity contribution in [3.63, 3.8) is 0 Å². The van der Waals surface area contributed by atoms with E-state index in [1.54, 1.807) is 7.11 Å². The minimum Gasteiger partial charge on any atom is -0.494 e. The number of rotatable bonds is 3. The Hall–Kier alpha value is -2.00. The molecule has 2 aromatic rings. The molecule has 4 heteroatoms. The van der Waals surface area contributed by atoms with Crippen molar-refractivity contribution in [1.29, 1.82) is 0 Å². The van der Waals surface area contributed by atoms with E-state index in [1.165, 1.54) is 11.3 Å². The highest BCUT2D eigenvalue weighted by atomic mass is 35.5. The van der Waals surface area contributed by atoms with Crippen molar-refractivity contribution in [3.8, 4) is 5.75 Å². The fourth-order valence-electron chi connectivity index (χ4n) is 3.58. The molecule has 0 radical (unpaired) electrons. The Labute approximate surface area is 155 Å². The van der Waals surface area contributed by atoms with Gasteiger partial charge in [-0.05, 0) is 56.0 Å². The fraction of sp³-hybridized carbons (Fsp3) is 0.381. The van der Waals surface area contributed by atoms with E-state index in [0.717, 1.165) is 23.4 Å². The Morgan fingerprint density at radius 3 is 2.72 bits per heavy atom. The maximum absolute atomic E-state index is 6.56. The van der Waals surface area contributed by atoms with Gasteiger partial charge in [0, 0.05) is 30.1 Å². The Morgan fingerprint density at radius 2 is 2.00 bits per heavy atom. The minimum atomic E-state index is 0.128. The number of benzene rings is 2. The monoisotopic (exact) mass is 356 g/mol. The zero-order chi connectivity index (χ0) is 18.2. The average molecular weight is 357 g/mol. The van der Waals surface area contributed by atoms with E-state index in [-0.39, 0.29) is 5.54 Å². The quantitative estimate of drug-likeness (QED) is 0.647. The van der Waals surface area contributed by atoms with Crippen molar-refractivity contribution in [2.45, 2.75) is 38.6 Å². The van der Waals surface area contributed by atoms with Crippen LogP contribution < -0.4 is 9.64 Å². The number of aliphatic imine (C=N–C) groups is 1. The van der Waals surface area contributed by atoms with Crippen LogP contribution in [0.25, 0.3) is 0 Å². The molecule has 0 fully saturated rings. The molecule has 3 rings (SSSR count). The van der Waals surface area contributed by atoms with Crippen LogP contribution in [0, 0.1) is 0 Å². The SMILES string of the molecule is COc1ccccc1N=Cc1cc2c(cc1Cl)N(C)C(C)(C)CC2C. The number of fused-ring (bicyclic) bond motifs is 1. The van der Waals surface area contributed by atoms with Crippen molar-refractivity contribution < 1.29 is 4.74 Å². The van der Waals surface area contributed by atoms with Gasteiger partial charge in [-0.15, -0.1) is 0 Å². The van der Waals surface area contributed by atoms with Gasteiger partial charge in [-0.2, -0.15) is 0 Å². The molecule has 0 N–H and O–H groups in total. The number of para-hydroxylation sites is 2. The lowest BCUT2D eigenvalue weighted by atomic mass is 9.80. The van der Waals surface area contributed by atoms with Crippen LogP contribution in [0.3, 0.4) is 0 Å². The number of nitrogens with zero attached hydrogens (tertiary/aromatic N) is 2. The Morgan fingerprint density at radius 1 is 1.28 bits per heavy atom. The number of ether oxygens (including phenoxy) is 1. The average Bonchev–Trinajstić information content (AvgIpc) is 2.58. The van der Waals surface area contributed by atoms with Gasteiger partial charge in [0.25, 0.3) is 0 Å². The van der Waals surface area contributed by atoms with Crippen molar-refractivity contribution in [1.82, 2.24) is 0 Å². The van der Waals surface area contributed by atoms with Gasteiger partial charge in [-0.3, -0.25) is 4.99 Å². The molecule has 1 atom stereocenters. The summed E-state index contributed by atoms with van der Waals surface area (Å²) in [5.74, 6) is 1.24. The number of halogens is 1. The smallest absolute Gasteiger partial charge is 0.144 e. The molecule has 0 aliphatic carbocycles. The van der Waals surface area contributed by atoms with Crippen molar-refractivity contribution >= 4 is 29.2 Å². The van der Waals surface area contributed by atoms with Crippen LogP contribution in [-0.2, 0) is 0 Å². The van der Waals surface area contributed by atoms with Crippen LogP contribution in [0.4, 0.5) is 11.4 Å². The third kappa shape index (κ3) is 3.38. The van der Waals surface area contributed by atoms with Crippen LogP contribution in [0.2, 0.25) is 5.02 Å². The van der Waals surface area contributed by atoms with Gasteiger partial charge < -0.3 is 9.64 Å². The van der Waals surface area contributed by atoms with E-state index in [2.05, 4.69) is 49.8 Å². The first-order valence-corrected chi connectivity index (χ1v) is 8.95. The molecule has 0 aromatic heterocycles. The summed E-state index contributed by atoms with van der Waals surface area (Å²) in [6, 6.07) is 12.0. The van der Waals surface area contributed by atoms with Crippen LogP contribution in [0.1, 0.15) is 44.2 Å². The summed E-state index contributed by atoms with van der Waals surface area (Å²) in [5.41, 5.74) is 4.40. The first-order chi connectivity index (χ1) is 11.8. The molecule has 132 valence electrons. The fourth-order valence-corrected chi connectivity index (χ4v) is 3.79. The van der Waals surface area contributed by atoms with Crippen LogP contribution in [0.5, 0.6) is 5.75 Å². The zero-order valence-corrected chi connectivity index (χ0v) is 16.3. The molecule has 1 unspecified atom stereocenters. The lowest BCUT2D eigenvalue weighted by Gasteiger charge is -2.45. The highest BCUT2D eigenvalue weighted by Gasteiger charge is 2.34. The van der Waals surface area contributed by atoms with Crippen LogP contribution in [-0.4, -0.2) is 25.9 Å². The molecule has 0 saturated heterocycles. The van der Waals surface area contributed by atoms with E-state index in [4.69, 9.17) is 16.3 Å². The standard InChI is InChI=1S/C21H25ClN2O/c1-14-12-21(2,3)24(4)19-11-17(22)15(10-16(14)19)13-23-18-8-6-7-9-20(18)25-5/h6-11,13-14H,12H2,1-5H3. The highest BCUT2D eigenvalue weighted by molar-refractivity contribution is 6.33. The number of methoxy groups -OCH3 is 1. The zero-order valence-electron chi connectivity index (χ0n) is 15.5. The predicted molar refractivity (Wildman–Crippen MR) is 107 cm³/mol. The molecule has 1 heterocycles. The third-order valence-electron chi connectivity index (χ3n) is 5.18. The molecule has 0 spiro atoms. The summed E-state index contributed by atoms with van der Waals surface area (Å²) >= 11 is 6.56. The van der Waals surface area contributed by atoms with E-state index < -0.39 is 0 Å². The highest BCUT2D eigenvalue weighted by Crippen LogP contribution is 2.44. The topological polar surface area (TPSA) is 24.8 Å². The largest absolute Gasteiger partial charge is 0.494 e. The van der Waals surface area contributed by atoms with E-state index >= 15 is 0 Å². The van der Waals surface area contributed by atoms with Gasteiger partial charge in [0.2, 0.25) is 0 Å². The second-order valence-electron chi connectivity index (χ2n) is 7.34. The van der Waals surface area contributed by atoms with Crippen molar-refractivity contribution in [3.05, 3.63) is 52.5 Å². The molecule has 3 nitrogen and oxygen atoms in total. The first kappa shape index (κ1) is 17.8. The van der Waals surface area contributed by atoms with Crippen LogP contribution in [0.15, 0.2) is 41.4 Å². The minimum absolute atomic E-state index is 0.128. The van der Waals surface area contributed by atoms with Gasteiger partial charge >= 0.3 is 0 Å². The molecule has 0 saturated carbocycles. The second kappa shape index (κ2) is 6.72. The molecule has 1 aliphatic rings. The maximum Gasteiger partial charge on any atom is 0.144 e. The molecule has 1 aliphatic heterocycles. The van der Waals surface area contributed by atoms with Gasteiger partial charge in [-0.25, -0.2) is 0 Å². The summed E-state index contributed by atoms with van der Waals surface area (Å²) < 4.78 is 5.36. The summed E-state index contributed by atoms with van der Waals surface area (Å²) in [5, 5.41) is 0.717. The Bertz CT molecular complexity index is 814. The molecular formula is C21H25ClN2O. The van der Waals surface area contributed by atoms with Gasteiger partial charge in [-0.1, -0.05) is 30.7 Å². The van der Waals surface area contributed by atoms with Crippen molar-refractivity contribution in [2.75, 3.05) is 19.1 Å². The van der Waals surface area contributed by atoms with Gasteiger partial charge in [0.1, 0.15) is 11.4 Å². The maximum atomic E-state index is 6.56. The number of hydrogen-bond acceptors (Lipinski definition) is 3. The lowest BCUT2D eigenvalue weighted by molar-refractivity contribution is 0.395. The summed E-state index contributed by atoms with van der Waals surface area (Å²) in [4.78, 5) is 6.91. The Kier molecular flexibility index (Phi) is 4.79. The lowest BCUT2D eigenvalue weighted by Crippen LogP contribution is -2.45. The normalized spacial score (nSPS) is 19.1. The summed E-state index contributed by atoms with van der Waals surface area (Å²) in [7, 11) is 3.79. The number of hydrogen-bond donors (Lipinski definition) is 0. The first-order valence-electron chi connectivity index (χ1n) is 8.58. The van der Waals surface area contributed by atoms with E-state index in [9.17, 15) is 0 Å². The number of anilines is 1. The molecule has 2 aromatic carbocycles. The van der Waals surface area contributed by atoms with Gasteiger partial charge in [0.05, 0.1) is 12.1 Å². The summed E-state index contributed by atoms with van der Waals surface area (Å²) in [6.07, 6.45) is 2.94. The van der Waals surface area contributed by atoms with E-state index in [1.807, 2.05) is 30.5 Å². The molecule has 0 bridgehead atoms. The second-order valence-corrected chi connectivity index (χ2v) is 7.75. The summed E-state index contributed by atoms with van der Waals surface area (Å²) in [6.45, 7) is 6.83. The molecule has 0 amide bonds.